The number of nitrogens with zero attached hydrogens (tertiary/aromatic N) is 3. The fourth-order valence-electron chi connectivity index (χ4n) is 2.57. The van der Waals surface area contributed by atoms with Gasteiger partial charge in [-0.3, -0.25) is 0 Å². The number of rotatable bonds is 8. The monoisotopic (exact) mass is 417 g/mol. The van der Waals surface area contributed by atoms with Crippen molar-refractivity contribution in [1.82, 2.24) is 14.8 Å². The Morgan fingerprint density at radius 3 is 2.43 bits per heavy atom. The quantitative estimate of drug-likeness (QED) is 0.406. The Morgan fingerprint density at radius 1 is 1.11 bits per heavy atom. The molecule has 0 saturated heterocycles. The van der Waals surface area contributed by atoms with Crippen LogP contribution < -0.4 is 0 Å². The molecule has 0 unspecified atom stereocenters. The molecule has 0 bridgehead atoms. The second-order valence-electron chi connectivity index (χ2n) is 6.29. The van der Waals surface area contributed by atoms with Crippen LogP contribution in [-0.2, 0) is 27.9 Å². The highest BCUT2D eigenvalue weighted by atomic mass is 32.2. The predicted octanol–water partition coefficient (Wildman–Crippen LogP) is 4.18. The number of aromatic nitrogens is 3. The highest BCUT2D eigenvalue weighted by Crippen LogP contribution is 2.24. The number of benzene rings is 2. The van der Waals surface area contributed by atoms with Crippen molar-refractivity contribution < 1.29 is 12.8 Å². The van der Waals surface area contributed by atoms with Gasteiger partial charge in [0.05, 0.1) is 4.90 Å². The molecule has 0 atom stereocenters. The standard InChI is InChI=1S/C20H20FN3O2S2/c1-3-12-24-19(14-28(25,26)18-10-4-15(2)5-11-18)22-23-20(24)27-13-16-6-8-17(21)9-7-16/h3-11H,1,12-14H2,2H3. The molecule has 0 fully saturated rings. The molecule has 0 N–H and O–H groups in total. The fraction of sp³-hybridized carbons (Fsp3) is 0.200. The minimum atomic E-state index is -3.54. The van der Waals surface area contributed by atoms with E-state index in [1.54, 1.807) is 47.0 Å². The maximum Gasteiger partial charge on any atom is 0.191 e. The van der Waals surface area contributed by atoms with E-state index in [4.69, 9.17) is 0 Å². The summed E-state index contributed by atoms with van der Waals surface area (Å²) in [5.41, 5.74) is 1.93. The van der Waals surface area contributed by atoms with E-state index in [2.05, 4.69) is 16.8 Å². The molecule has 0 aliphatic carbocycles. The van der Waals surface area contributed by atoms with E-state index >= 15 is 0 Å². The Bertz CT molecular complexity index is 1060. The fourth-order valence-corrected chi connectivity index (χ4v) is 4.77. The zero-order chi connectivity index (χ0) is 20.1. The van der Waals surface area contributed by atoms with E-state index in [1.165, 1.54) is 23.9 Å². The van der Waals surface area contributed by atoms with Crippen LogP contribution in [-0.4, -0.2) is 23.2 Å². The van der Waals surface area contributed by atoms with Gasteiger partial charge in [-0.25, -0.2) is 12.8 Å². The Balaban J connectivity index is 1.80. The van der Waals surface area contributed by atoms with E-state index in [0.717, 1.165) is 11.1 Å². The summed E-state index contributed by atoms with van der Waals surface area (Å²) >= 11 is 1.41. The van der Waals surface area contributed by atoms with Crippen LogP contribution in [0.3, 0.4) is 0 Å². The van der Waals surface area contributed by atoms with Crippen LogP contribution >= 0.6 is 11.8 Å². The molecule has 1 aromatic heterocycles. The predicted molar refractivity (Wildman–Crippen MR) is 108 cm³/mol. The van der Waals surface area contributed by atoms with Gasteiger partial charge in [0.15, 0.2) is 15.0 Å². The first-order valence-electron chi connectivity index (χ1n) is 8.58. The second kappa shape index (κ2) is 8.70. The summed E-state index contributed by atoms with van der Waals surface area (Å²) < 4.78 is 40.3. The third-order valence-electron chi connectivity index (χ3n) is 4.09. The van der Waals surface area contributed by atoms with Crippen LogP contribution in [0.5, 0.6) is 0 Å². The van der Waals surface area contributed by atoms with Crippen molar-refractivity contribution in [2.75, 3.05) is 0 Å². The Kier molecular flexibility index (Phi) is 6.31. The van der Waals surface area contributed by atoms with Gasteiger partial charge >= 0.3 is 0 Å². The molecule has 3 aromatic rings. The molecule has 146 valence electrons. The van der Waals surface area contributed by atoms with Crippen LogP contribution in [0.4, 0.5) is 4.39 Å². The van der Waals surface area contributed by atoms with Crippen LogP contribution in [0.2, 0.25) is 0 Å². The topological polar surface area (TPSA) is 64.8 Å². The lowest BCUT2D eigenvalue weighted by atomic mass is 10.2. The summed E-state index contributed by atoms with van der Waals surface area (Å²) in [4.78, 5) is 0.256. The summed E-state index contributed by atoms with van der Waals surface area (Å²) in [6.07, 6.45) is 1.67. The van der Waals surface area contributed by atoms with Crippen LogP contribution in [0.25, 0.3) is 0 Å². The molecule has 0 saturated carbocycles. The second-order valence-corrected chi connectivity index (χ2v) is 9.22. The highest BCUT2D eigenvalue weighted by molar-refractivity contribution is 7.98. The number of sulfone groups is 1. The Hall–Kier alpha value is -2.45. The van der Waals surface area contributed by atoms with Gasteiger partial charge in [0.25, 0.3) is 0 Å². The van der Waals surface area contributed by atoms with E-state index in [9.17, 15) is 12.8 Å². The number of aryl methyl sites for hydroxylation is 1. The van der Waals surface area contributed by atoms with Crippen molar-refractivity contribution in [2.45, 2.75) is 35.0 Å². The maximum absolute atomic E-state index is 13.0. The maximum atomic E-state index is 13.0. The van der Waals surface area contributed by atoms with Crippen LogP contribution in [0, 0.1) is 12.7 Å². The lowest BCUT2D eigenvalue weighted by Crippen LogP contribution is -2.11. The molecule has 0 aliphatic rings. The first kappa shape index (κ1) is 20.3. The van der Waals surface area contributed by atoms with Crippen molar-refractivity contribution in [3.8, 4) is 0 Å². The minimum absolute atomic E-state index is 0.242. The number of hydrogen-bond donors (Lipinski definition) is 0. The van der Waals surface area contributed by atoms with Gasteiger partial charge < -0.3 is 4.57 Å². The van der Waals surface area contributed by atoms with Crippen molar-refractivity contribution in [3.05, 3.63) is 84.0 Å². The van der Waals surface area contributed by atoms with E-state index in [1.807, 2.05) is 6.92 Å². The zero-order valence-electron chi connectivity index (χ0n) is 15.4. The highest BCUT2D eigenvalue weighted by Gasteiger charge is 2.21. The summed E-state index contributed by atoms with van der Waals surface area (Å²) in [6.45, 7) is 6.04. The van der Waals surface area contributed by atoms with Crippen LogP contribution in [0.1, 0.15) is 17.0 Å². The normalized spacial score (nSPS) is 11.5. The van der Waals surface area contributed by atoms with Gasteiger partial charge in [0.2, 0.25) is 0 Å². The van der Waals surface area contributed by atoms with Gasteiger partial charge in [0.1, 0.15) is 17.4 Å². The molecule has 1 heterocycles. The molecule has 0 amide bonds. The Labute approximate surface area is 168 Å². The van der Waals surface area contributed by atoms with Crippen molar-refractivity contribution >= 4 is 21.6 Å². The van der Waals surface area contributed by atoms with Gasteiger partial charge in [0, 0.05) is 12.3 Å². The van der Waals surface area contributed by atoms with E-state index < -0.39 is 9.84 Å². The average Bonchev–Trinajstić information content (AvgIpc) is 3.03. The van der Waals surface area contributed by atoms with Crippen molar-refractivity contribution in [3.63, 3.8) is 0 Å². The first-order valence-corrected chi connectivity index (χ1v) is 11.2. The molecular formula is C20H20FN3O2S2. The number of hydrogen-bond acceptors (Lipinski definition) is 5. The molecule has 28 heavy (non-hydrogen) atoms. The molecule has 0 spiro atoms. The van der Waals surface area contributed by atoms with Crippen molar-refractivity contribution in [2.24, 2.45) is 0 Å². The molecule has 0 radical (unpaired) electrons. The summed E-state index contributed by atoms with van der Waals surface area (Å²) in [6, 6.07) is 13.0. The van der Waals surface area contributed by atoms with Gasteiger partial charge in [-0.05, 0) is 36.8 Å². The lowest BCUT2D eigenvalue weighted by Gasteiger charge is -2.09. The van der Waals surface area contributed by atoms with Gasteiger partial charge in [-0.1, -0.05) is 47.7 Å². The Morgan fingerprint density at radius 2 is 1.79 bits per heavy atom. The van der Waals surface area contributed by atoms with Crippen molar-refractivity contribution in [1.29, 1.82) is 0 Å². The number of allylic oxidation sites excluding steroid dienone is 1. The largest absolute Gasteiger partial charge is 0.301 e. The van der Waals surface area contributed by atoms with E-state index in [0.29, 0.717) is 23.3 Å². The lowest BCUT2D eigenvalue weighted by molar-refractivity contribution is 0.590. The number of thioether (sulfide) groups is 1. The average molecular weight is 418 g/mol. The first-order chi connectivity index (χ1) is 13.4. The molecule has 8 heteroatoms. The van der Waals surface area contributed by atoms with Gasteiger partial charge in [-0.15, -0.1) is 16.8 Å². The third-order valence-corrected chi connectivity index (χ3v) is 6.75. The third kappa shape index (κ3) is 4.88. The van der Waals surface area contributed by atoms with E-state index in [-0.39, 0.29) is 16.5 Å². The summed E-state index contributed by atoms with van der Waals surface area (Å²) in [5, 5.41) is 8.84. The van der Waals surface area contributed by atoms with Gasteiger partial charge in [-0.2, -0.15) is 0 Å². The molecule has 3 rings (SSSR count). The molecule has 0 aliphatic heterocycles. The molecule has 5 nitrogen and oxygen atoms in total. The smallest absolute Gasteiger partial charge is 0.191 e. The number of halogens is 1. The summed E-state index contributed by atoms with van der Waals surface area (Å²) in [5.74, 6) is 0.406. The molecular weight excluding hydrogens is 397 g/mol. The minimum Gasteiger partial charge on any atom is -0.301 e. The van der Waals surface area contributed by atoms with Crippen LogP contribution in [0.15, 0.2) is 71.2 Å². The SMILES string of the molecule is C=CCn1c(CS(=O)(=O)c2ccc(C)cc2)nnc1SCc1ccc(F)cc1. The summed E-state index contributed by atoms with van der Waals surface area (Å²) in [7, 11) is -3.54. The zero-order valence-corrected chi connectivity index (χ0v) is 17.0. The molecule has 2 aromatic carbocycles.